The van der Waals surface area contributed by atoms with Crippen molar-refractivity contribution in [2.45, 2.75) is 52.2 Å². The van der Waals surface area contributed by atoms with Crippen molar-refractivity contribution in [3.8, 4) is 0 Å². The average Bonchev–Trinajstić information content (AvgIpc) is 2.62. The van der Waals surface area contributed by atoms with Crippen LogP contribution in [0.25, 0.3) is 0 Å². The monoisotopic (exact) mass is 350 g/mol. The molecule has 1 aromatic rings. The first-order valence-electron chi connectivity index (χ1n) is 8.74. The molecule has 0 aliphatic rings. The van der Waals surface area contributed by atoms with Crippen LogP contribution in [-0.2, 0) is 18.4 Å². The number of carbonyl (C=O) groups excluding carboxylic acids is 1. The van der Waals surface area contributed by atoms with E-state index in [2.05, 4.69) is 32.6 Å². The molecule has 0 N–H and O–H groups in total. The van der Waals surface area contributed by atoms with Crippen molar-refractivity contribution >= 4 is 19.7 Å². The Morgan fingerprint density at radius 3 is 2.25 bits per heavy atom. The van der Waals surface area contributed by atoms with Crippen LogP contribution in [0.15, 0.2) is 43.0 Å². The third-order valence-electron chi connectivity index (χ3n) is 3.66. The first-order chi connectivity index (χ1) is 11.6. The van der Waals surface area contributed by atoms with Gasteiger partial charge < -0.3 is 13.6 Å². The van der Waals surface area contributed by atoms with E-state index in [4.69, 9.17) is 13.6 Å². The maximum Gasteiger partial charge on any atom is 0.372 e. The van der Waals surface area contributed by atoms with Crippen molar-refractivity contribution in [3.05, 3.63) is 43.0 Å². The summed E-state index contributed by atoms with van der Waals surface area (Å²) in [5.74, 6) is -0.390. The first-order valence-corrected chi connectivity index (χ1v) is 10.8. The lowest BCUT2D eigenvalue weighted by Gasteiger charge is -2.32. The second-order valence-electron chi connectivity index (χ2n) is 5.81. The number of esters is 1. The highest BCUT2D eigenvalue weighted by Crippen LogP contribution is 2.20. The molecule has 0 aliphatic heterocycles. The Bertz CT molecular complexity index is 481. The molecule has 134 valence electrons. The zero-order valence-corrected chi connectivity index (χ0v) is 16.1. The summed E-state index contributed by atoms with van der Waals surface area (Å²) < 4.78 is 17.9. The standard InChI is InChI=1S/C19H30O4Si/c1-5-14-21-24(22-15-6-2,18-11-9-8-10-12-18)16-13-17(4)23-19(20)7-3/h7-12,17H,3,5-6,13-16H2,1-2,4H3. The molecule has 1 atom stereocenters. The maximum absolute atomic E-state index is 11.4. The zero-order chi connectivity index (χ0) is 17.8. The fraction of sp³-hybridized carbons (Fsp3) is 0.526. The fourth-order valence-electron chi connectivity index (χ4n) is 2.42. The normalized spacial score (nSPS) is 12.6. The van der Waals surface area contributed by atoms with Crippen LogP contribution in [-0.4, -0.2) is 33.8 Å². The molecule has 1 unspecified atom stereocenters. The van der Waals surface area contributed by atoms with E-state index in [-0.39, 0.29) is 6.10 Å². The van der Waals surface area contributed by atoms with Gasteiger partial charge in [0.2, 0.25) is 0 Å². The predicted molar refractivity (Wildman–Crippen MR) is 99.5 cm³/mol. The van der Waals surface area contributed by atoms with Gasteiger partial charge in [-0.1, -0.05) is 50.8 Å². The predicted octanol–water partition coefficient (Wildman–Crippen LogP) is 3.70. The Kier molecular flexibility index (Phi) is 9.60. The van der Waals surface area contributed by atoms with E-state index in [0.29, 0.717) is 19.6 Å². The number of carbonyl (C=O) groups is 1. The second-order valence-corrected chi connectivity index (χ2v) is 8.97. The van der Waals surface area contributed by atoms with Gasteiger partial charge in [0.15, 0.2) is 0 Å². The van der Waals surface area contributed by atoms with E-state index >= 15 is 0 Å². The maximum atomic E-state index is 11.4. The van der Waals surface area contributed by atoms with Gasteiger partial charge in [-0.25, -0.2) is 4.79 Å². The Morgan fingerprint density at radius 1 is 1.17 bits per heavy atom. The van der Waals surface area contributed by atoms with Crippen LogP contribution in [0.4, 0.5) is 0 Å². The van der Waals surface area contributed by atoms with Gasteiger partial charge in [0.05, 0.1) is 6.10 Å². The zero-order valence-electron chi connectivity index (χ0n) is 15.1. The second kappa shape index (κ2) is 11.2. The number of rotatable bonds is 12. The summed E-state index contributed by atoms with van der Waals surface area (Å²) in [5, 5.41) is 1.13. The van der Waals surface area contributed by atoms with Gasteiger partial charge in [-0.15, -0.1) is 0 Å². The third kappa shape index (κ3) is 6.59. The van der Waals surface area contributed by atoms with E-state index in [1.54, 1.807) is 0 Å². The summed E-state index contributed by atoms with van der Waals surface area (Å²) >= 11 is 0. The molecule has 4 nitrogen and oxygen atoms in total. The van der Waals surface area contributed by atoms with Crippen molar-refractivity contribution < 1.29 is 18.4 Å². The Balaban J connectivity index is 2.92. The van der Waals surface area contributed by atoms with Gasteiger partial charge in [0.25, 0.3) is 0 Å². The molecule has 1 aromatic carbocycles. The van der Waals surface area contributed by atoms with Crippen LogP contribution in [0.5, 0.6) is 0 Å². The molecule has 0 heterocycles. The number of benzene rings is 1. The van der Waals surface area contributed by atoms with Crippen LogP contribution in [0, 0.1) is 0 Å². The SMILES string of the molecule is C=CC(=O)OC(C)CC[Si](OCCC)(OCCC)c1ccccc1. The Hall–Kier alpha value is -1.43. The molecule has 0 radical (unpaired) electrons. The molecule has 0 aliphatic carbocycles. The summed E-state index contributed by atoms with van der Waals surface area (Å²) in [7, 11) is -2.55. The summed E-state index contributed by atoms with van der Waals surface area (Å²) in [6, 6.07) is 10.9. The lowest BCUT2D eigenvalue weighted by molar-refractivity contribution is -0.142. The van der Waals surface area contributed by atoms with Crippen LogP contribution < -0.4 is 5.19 Å². The highest BCUT2D eigenvalue weighted by Gasteiger charge is 2.40. The summed E-state index contributed by atoms with van der Waals surface area (Å²) in [4.78, 5) is 11.4. The molecule has 0 bridgehead atoms. The van der Waals surface area contributed by atoms with Crippen molar-refractivity contribution in [2.24, 2.45) is 0 Å². The van der Waals surface area contributed by atoms with Gasteiger partial charge in [-0.05, 0) is 37.4 Å². The van der Waals surface area contributed by atoms with Crippen molar-refractivity contribution in [3.63, 3.8) is 0 Å². The summed E-state index contributed by atoms with van der Waals surface area (Å²) in [5.41, 5.74) is 0. The average molecular weight is 351 g/mol. The molecule has 0 amide bonds. The minimum absolute atomic E-state index is 0.193. The van der Waals surface area contributed by atoms with Gasteiger partial charge in [-0.2, -0.15) is 0 Å². The minimum atomic E-state index is -2.55. The smallest absolute Gasteiger partial charge is 0.372 e. The molecule has 1 rings (SSSR count). The molecule has 0 fully saturated rings. The van der Waals surface area contributed by atoms with Crippen LogP contribution in [0.1, 0.15) is 40.0 Å². The van der Waals surface area contributed by atoms with E-state index in [0.717, 1.165) is 24.1 Å². The molecule has 0 spiro atoms. The van der Waals surface area contributed by atoms with Gasteiger partial charge >= 0.3 is 14.5 Å². The van der Waals surface area contributed by atoms with Crippen LogP contribution in [0.2, 0.25) is 6.04 Å². The third-order valence-corrected chi connectivity index (χ3v) is 7.16. The quantitative estimate of drug-likeness (QED) is 0.328. The lowest BCUT2D eigenvalue weighted by Crippen LogP contribution is -2.54. The molecule has 0 saturated heterocycles. The van der Waals surface area contributed by atoms with Gasteiger partial charge in [0, 0.05) is 19.3 Å². The topological polar surface area (TPSA) is 44.8 Å². The number of ether oxygens (including phenoxy) is 1. The van der Waals surface area contributed by atoms with Crippen molar-refractivity contribution in [1.29, 1.82) is 0 Å². The Labute approximate surface area is 147 Å². The lowest BCUT2D eigenvalue weighted by atomic mass is 10.3. The highest BCUT2D eigenvalue weighted by atomic mass is 28.4. The molecular formula is C19H30O4Si. The van der Waals surface area contributed by atoms with Crippen molar-refractivity contribution in [2.75, 3.05) is 13.2 Å². The fourth-order valence-corrected chi connectivity index (χ4v) is 5.97. The molecule has 5 heteroatoms. The first kappa shape index (κ1) is 20.6. The van der Waals surface area contributed by atoms with E-state index in [9.17, 15) is 4.79 Å². The number of hydrogen-bond acceptors (Lipinski definition) is 4. The van der Waals surface area contributed by atoms with Crippen LogP contribution >= 0.6 is 0 Å². The minimum Gasteiger partial charge on any atom is -0.460 e. The van der Waals surface area contributed by atoms with Crippen molar-refractivity contribution in [1.82, 2.24) is 0 Å². The van der Waals surface area contributed by atoms with E-state index in [1.807, 2.05) is 25.1 Å². The van der Waals surface area contributed by atoms with Gasteiger partial charge in [-0.3, -0.25) is 0 Å². The molecule has 0 saturated carbocycles. The largest absolute Gasteiger partial charge is 0.460 e. The number of hydrogen-bond donors (Lipinski definition) is 0. The van der Waals surface area contributed by atoms with Crippen LogP contribution in [0.3, 0.4) is 0 Å². The van der Waals surface area contributed by atoms with Gasteiger partial charge in [0.1, 0.15) is 0 Å². The molecule has 0 aromatic heterocycles. The van der Waals surface area contributed by atoms with E-state index < -0.39 is 14.5 Å². The Morgan fingerprint density at radius 2 is 1.75 bits per heavy atom. The molecular weight excluding hydrogens is 320 g/mol. The summed E-state index contributed by atoms with van der Waals surface area (Å²) in [6.07, 6.45) is 3.59. The van der Waals surface area contributed by atoms with E-state index in [1.165, 1.54) is 6.08 Å². The highest BCUT2D eigenvalue weighted by molar-refractivity contribution is 6.81. The summed E-state index contributed by atoms with van der Waals surface area (Å²) in [6.45, 7) is 10.9. The molecule has 24 heavy (non-hydrogen) atoms.